The van der Waals surface area contributed by atoms with E-state index in [9.17, 15) is 4.79 Å². The third-order valence-corrected chi connectivity index (χ3v) is 7.54. The molecule has 0 spiro atoms. The number of hydrogen-bond donors (Lipinski definition) is 2. The molecule has 0 bridgehead atoms. The van der Waals surface area contributed by atoms with Crippen LogP contribution >= 0.6 is 0 Å². The predicted octanol–water partition coefficient (Wildman–Crippen LogP) is 4.24. The number of aromatic nitrogens is 1. The van der Waals surface area contributed by atoms with Gasteiger partial charge in [0, 0.05) is 23.2 Å². The van der Waals surface area contributed by atoms with Crippen molar-refractivity contribution in [2.45, 2.75) is 71.4 Å². The molecule has 0 radical (unpaired) electrons. The minimum Gasteiger partial charge on any atom is -0.497 e. The second-order valence-corrected chi connectivity index (χ2v) is 9.90. The second-order valence-electron chi connectivity index (χ2n) is 9.90. The van der Waals surface area contributed by atoms with Crippen molar-refractivity contribution in [3.05, 3.63) is 52.3 Å². The van der Waals surface area contributed by atoms with Crippen LogP contribution in [0.1, 0.15) is 67.0 Å². The first-order valence-electron chi connectivity index (χ1n) is 11.7. The topological polar surface area (TPSA) is 57.4 Å². The maximum absolute atomic E-state index is 13.5. The molecule has 2 aromatic rings. The quantitative estimate of drug-likeness (QED) is 0.756. The van der Waals surface area contributed by atoms with Crippen LogP contribution in [0.15, 0.2) is 24.3 Å². The number of nitrogens with zero attached hydrogens (tertiary/aromatic N) is 1. The Morgan fingerprint density at radius 2 is 1.97 bits per heavy atom. The first-order valence-corrected chi connectivity index (χ1v) is 11.7. The smallest absolute Gasteiger partial charge is 0.271 e. The number of ether oxygens (including phenoxy) is 1. The molecule has 5 nitrogen and oxygen atoms in total. The molecule has 1 aromatic heterocycles. The number of aromatic amines is 1. The molecule has 2 aliphatic rings. The van der Waals surface area contributed by atoms with Crippen molar-refractivity contribution < 1.29 is 9.53 Å². The molecule has 1 aromatic carbocycles. The van der Waals surface area contributed by atoms with Gasteiger partial charge in [0.15, 0.2) is 0 Å². The third kappa shape index (κ3) is 3.67. The first kappa shape index (κ1) is 21.9. The van der Waals surface area contributed by atoms with Crippen molar-refractivity contribution in [1.82, 2.24) is 15.2 Å². The Bertz CT molecular complexity index is 954. The van der Waals surface area contributed by atoms with Crippen LogP contribution in [0.4, 0.5) is 0 Å². The van der Waals surface area contributed by atoms with Gasteiger partial charge in [-0.1, -0.05) is 12.1 Å². The van der Waals surface area contributed by atoms with Crippen molar-refractivity contribution in [2.75, 3.05) is 20.2 Å². The van der Waals surface area contributed by atoms with E-state index in [1.807, 2.05) is 11.0 Å². The van der Waals surface area contributed by atoms with E-state index in [1.165, 1.54) is 16.8 Å². The van der Waals surface area contributed by atoms with Crippen LogP contribution in [0, 0.1) is 12.8 Å². The van der Waals surface area contributed by atoms with E-state index in [0.717, 1.165) is 49.4 Å². The number of carbonyl (C=O) groups is 1. The number of piperidine rings is 1. The van der Waals surface area contributed by atoms with Gasteiger partial charge in [-0.15, -0.1) is 0 Å². The maximum atomic E-state index is 13.5. The summed E-state index contributed by atoms with van der Waals surface area (Å²) in [6.07, 6.45) is 3.04. The summed E-state index contributed by atoms with van der Waals surface area (Å²) in [5, 5.41) is 3.62. The van der Waals surface area contributed by atoms with E-state index < -0.39 is 0 Å². The van der Waals surface area contributed by atoms with Gasteiger partial charge in [-0.05, 0) is 102 Å². The minimum absolute atomic E-state index is 0.0696. The number of amides is 1. The summed E-state index contributed by atoms with van der Waals surface area (Å²) in [5.74, 6) is 1.54. The Kier molecular flexibility index (Phi) is 5.91. The fraction of sp³-hybridized carbons (Fsp3) is 0.577. The number of fused-ring (bicyclic) bond motifs is 2. The summed E-state index contributed by atoms with van der Waals surface area (Å²) in [7, 11) is 1.73. The molecule has 2 atom stereocenters. The molecule has 2 N–H and O–H groups in total. The predicted molar refractivity (Wildman–Crippen MR) is 125 cm³/mol. The number of rotatable bonds is 5. The van der Waals surface area contributed by atoms with E-state index in [0.29, 0.717) is 5.92 Å². The van der Waals surface area contributed by atoms with Gasteiger partial charge in [-0.3, -0.25) is 4.79 Å². The van der Waals surface area contributed by atoms with Crippen LogP contribution in [0.5, 0.6) is 5.75 Å². The average Bonchev–Trinajstić information content (AvgIpc) is 3.06. The molecule has 2 heterocycles. The standard InChI is InChI=1S/C26H37N3O2/c1-16(2)29(17(3)4)25(30)24-18(5)22-13-20-15-27-11-10-26(20,14-23(22)28-24)19-8-7-9-21(12-19)31-6/h7-9,12,16-17,20,27-28H,10-11,13-15H2,1-6H3/t20-,26+/m1/s1. The summed E-state index contributed by atoms with van der Waals surface area (Å²) in [5.41, 5.74) is 5.93. The van der Waals surface area contributed by atoms with Crippen LogP contribution in [0.2, 0.25) is 0 Å². The Morgan fingerprint density at radius 1 is 1.23 bits per heavy atom. The van der Waals surface area contributed by atoms with E-state index >= 15 is 0 Å². The second kappa shape index (κ2) is 8.34. The SMILES string of the molecule is COc1cccc([C@@]23CCNC[C@H]2Cc2c([nH]c(C(=O)N(C(C)C)C(C)C)c2C)C3)c1. The highest BCUT2D eigenvalue weighted by Gasteiger charge is 2.47. The number of nitrogens with one attached hydrogen (secondary N) is 2. The number of methoxy groups -OCH3 is 1. The van der Waals surface area contributed by atoms with Gasteiger partial charge in [-0.25, -0.2) is 0 Å². The largest absolute Gasteiger partial charge is 0.497 e. The van der Waals surface area contributed by atoms with Crippen molar-refractivity contribution in [2.24, 2.45) is 5.92 Å². The number of hydrogen-bond acceptors (Lipinski definition) is 3. The van der Waals surface area contributed by atoms with Gasteiger partial charge in [-0.2, -0.15) is 0 Å². The summed E-state index contributed by atoms with van der Waals surface area (Å²) in [6.45, 7) is 12.5. The lowest BCUT2D eigenvalue weighted by atomic mass is 9.59. The molecule has 5 heteroatoms. The third-order valence-electron chi connectivity index (χ3n) is 7.54. The van der Waals surface area contributed by atoms with Gasteiger partial charge in [0.1, 0.15) is 11.4 Å². The normalized spacial score (nSPS) is 22.9. The molecule has 1 aliphatic carbocycles. The van der Waals surface area contributed by atoms with Crippen LogP contribution < -0.4 is 10.1 Å². The number of carbonyl (C=O) groups excluding carboxylic acids is 1. The average molecular weight is 424 g/mol. The van der Waals surface area contributed by atoms with E-state index in [4.69, 9.17) is 4.74 Å². The number of H-pyrrole nitrogens is 1. The van der Waals surface area contributed by atoms with Gasteiger partial charge in [0.25, 0.3) is 5.91 Å². The Balaban J connectivity index is 1.76. The maximum Gasteiger partial charge on any atom is 0.271 e. The molecule has 0 unspecified atom stereocenters. The highest BCUT2D eigenvalue weighted by molar-refractivity contribution is 5.95. The van der Waals surface area contributed by atoms with Crippen molar-refractivity contribution in [1.29, 1.82) is 0 Å². The molecule has 168 valence electrons. The molecule has 1 aliphatic heterocycles. The molecule has 31 heavy (non-hydrogen) atoms. The zero-order valence-corrected chi connectivity index (χ0v) is 19.8. The van der Waals surface area contributed by atoms with Crippen LogP contribution in [0.25, 0.3) is 0 Å². The first-order chi connectivity index (χ1) is 14.8. The van der Waals surface area contributed by atoms with Crippen LogP contribution in [-0.2, 0) is 18.3 Å². The fourth-order valence-electron chi connectivity index (χ4n) is 6.00. The van der Waals surface area contributed by atoms with E-state index in [2.05, 4.69) is 63.1 Å². The fourth-order valence-corrected chi connectivity index (χ4v) is 6.00. The summed E-state index contributed by atoms with van der Waals surface area (Å²) in [4.78, 5) is 19.1. The Hall–Kier alpha value is -2.27. The minimum atomic E-state index is 0.0696. The highest BCUT2D eigenvalue weighted by atomic mass is 16.5. The van der Waals surface area contributed by atoms with E-state index in [-0.39, 0.29) is 23.4 Å². The summed E-state index contributed by atoms with van der Waals surface area (Å²) < 4.78 is 5.54. The Morgan fingerprint density at radius 3 is 2.65 bits per heavy atom. The van der Waals surface area contributed by atoms with Crippen LogP contribution in [-0.4, -0.2) is 48.1 Å². The molecule has 1 fully saturated rings. The molecular formula is C26H37N3O2. The molecule has 1 amide bonds. The lowest BCUT2D eigenvalue weighted by Crippen LogP contribution is -2.52. The lowest BCUT2D eigenvalue weighted by Gasteiger charge is -2.48. The summed E-state index contributed by atoms with van der Waals surface area (Å²) in [6, 6.07) is 8.93. The highest BCUT2D eigenvalue weighted by Crippen LogP contribution is 2.48. The van der Waals surface area contributed by atoms with Crippen LogP contribution in [0.3, 0.4) is 0 Å². The monoisotopic (exact) mass is 423 g/mol. The van der Waals surface area contributed by atoms with E-state index in [1.54, 1.807) is 7.11 Å². The van der Waals surface area contributed by atoms with Gasteiger partial charge in [0.2, 0.25) is 0 Å². The molecule has 4 rings (SSSR count). The van der Waals surface area contributed by atoms with Crippen molar-refractivity contribution in [3.63, 3.8) is 0 Å². The zero-order valence-electron chi connectivity index (χ0n) is 19.8. The Labute approximate surface area is 186 Å². The van der Waals surface area contributed by atoms with Gasteiger partial charge >= 0.3 is 0 Å². The molecule has 0 saturated carbocycles. The zero-order chi connectivity index (χ0) is 22.3. The lowest BCUT2D eigenvalue weighted by molar-refractivity contribution is 0.0637. The van der Waals surface area contributed by atoms with Crippen molar-refractivity contribution in [3.8, 4) is 5.75 Å². The molecule has 1 saturated heterocycles. The number of benzene rings is 1. The van der Waals surface area contributed by atoms with Crippen molar-refractivity contribution >= 4 is 5.91 Å². The van der Waals surface area contributed by atoms with Gasteiger partial charge in [0.05, 0.1) is 7.11 Å². The van der Waals surface area contributed by atoms with Gasteiger partial charge < -0.3 is 19.9 Å². The summed E-state index contributed by atoms with van der Waals surface area (Å²) >= 11 is 0. The molecular weight excluding hydrogens is 386 g/mol.